The molecule has 3 saturated heterocycles. The number of aromatic nitrogens is 2. The first kappa shape index (κ1) is 29.2. The smallest absolute Gasteiger partial charge is 0.434 e. The maximum absolute atomic E-state index is 14.5. The van der Waals surface area contributed by atoms with Crippen LogP contribution in [0.3, 0.4) is 0 Å². The number of amides is 1. The quantitative estimate of drug-likeness (QED) is 0.207. The highest BCUT2D eigenvalue weighted by Crippen LogP contribution is 2.41. The number of hydrogen-bond acceptors (Lipinski definition) is 6. The van der Waals surface area contributed by atoms with Crippen LogP contribution < -0.4 is 9.64 Å². The summed E-state index contributed by atoms with van der Waals surface area (Å²) in [5.41, 5.74) is 2.82. The lowest BCUT2D eigenvalue weighted by atomic mass is 9.95. The van der Waals surface area contributed by atoms with E-state index in [2.05, 4.69) is 51.4 Å². The van der Waals surface area contributed by atoms with Gasteiger partial charge >= 0.3 is 11.8 Å². The van der Waals surface area contributed by atoms with Crippen molar-refractivity contribution in [2.45, 2.75) is 50.4 Å². The fourth-order valence-electron chi connectivity index (χ4n) is 7.76. The van der Waals surface area contributed by atoms with Gasteiger partial charge in [0, 0.05) is 61.0 Å². The van der Waals surface area contributed by atoms with E-state index >= 15 is 0 Å². The molecule has 4 aliphatic rings. The summed E-state index contributed by atoms with van der Waals surface area (Å²) < 4.78 is 22.9. The molecule has 0 radical (unpaired) electrons. The van der Waals surface area contributed by atoms with Crippen LogP contribution in [-0.2, 0) is 17.8 Å². The molecule has 0 N–H and O–H groups in total. The fraction of sp³-hybridized carbons (Fsp3) is 0.471. The Bertz CT molecular complexity index is 1640. The van der Waals surface area contributed by atoms with Gasteiger partial charge in [-0.25, -0.2) is 8.97 Å². The molecule has 1 aromatic heterocycles. The number of fused-ring (bicyclic) bond motifs is 3. The van der Waals surface area contributed by atoms with Gasteiger partial charge in [-0.05, 0) is 49.4 Å². The van der Waals surface area contributed by atoms with Crippen LogP contribution in [0, 0.1) is 5.92 Å². The van der Waals surface area contributed by atoms with Crippen molar-refractivity contribution >= 4 is 46.0 Å². The normalized spacial score (nSPS) is 25.4. The predicted molar refractivity (Wildman–Crippen MR) is 171 cm³/mol. The number of hydrogen-bond donors (Lipinski definition) is 0. The Morgan fingerprint density at radius 3 is 2.89 bits per heavy atom. The van der Waals surface area contributed by atoms with Gasteiger partial charge in [0.05, 0.1) is 41.6 Å². The first-order valence-electron chi connectivity index (χ1n) is 15.7. The average Bonchev–Trinajstić information content (AvgIpc) is 3.73. The van der Waals surface area contributed by atoms with Gasteiger partial charge in [0.1, 0.15) is 12.8 Å². The van der Waals surface area contributed by atoms with Crippen molar-refractivity contribution in [1.29, 1.82) is 0 Å². The van der Waals surface area contributed by atoms with Crippen molar-refractivity contribution in [3.63, 3.8) is 0 Å². The van der Waals surface area contributed by atoms with Crippen molar-refractivity contribution in [3.8, 4) is 6.01 Å². The number of halogens is 2. The van der Waals surface area contributed by atoms with Gasteiger partial charge in [0.15, 0.2) is 0 Å². The second-order valence-corrected chi connectivity index (χ2v) is 13.1. The fourth-order valence-corrected chi connectivity index (χ4v) is 8.04. The van der Waals surface area contributed by atoms with Gasteiger partial charge in [-0.1, -0.05) is 42.4 Å². The standard InChI is InChI=1S/C34H39ClFN6O2/c1-3-30(43)41-15-11-23(19-41)18-39(2)32-26-12-16-40(29-10-5-8-24-7-4-9-27(35)31(24)29)21-28(26)37-33(38-32)44-22-34-13-6-14-42(34)20-25(36)17-34/h3-5,7-10,18,23,25H,1,6,11-17,19-22H2,2H3/q+1/t23?,25-,34-/m1/s1. The van der Waals surface area contributed by atoms with E-state index in [1.807, 2.05) is 24.1 Å². The molecule has 0 saturated carbocycles. The van der Waals surface area contributed by atoms with Crippen LogP contribution in [0.2, 0.25) is 5.02 Å². The minimum atomic E-state index is -0.820. The van der Waals surface area contributed by atoms with E-state index in [1.54, 1.807) is 0 Å². The van der Waals surface area contributed by atoms with Crippen molar-refractivity contribution in [1.82, 2.24) is 19.8 Å². The highest BCUT2D eigenvalue weighted by Gasteiger charge is 2.49. The number of carbonyl (C=O) groups is 1. The number of nitrogens with zero attached hydrogens (tertiary/aromatic N) is 6. The monoisotopic (exact) mass is 617 g/mol. The zero-order valence-electron chi connectivity index (χ0n) is 25.2. The molecule has 2 aromatic carbocycles. The number of carbonyl (C=O) groups excluding carboxylic acids is 1. The van der Waals surface area contributed by atoms with E-state index in [4.69, 9.17) is 26.3 Å². The van der Waals surface area contributed by atoms with Crippen molar-refractivity contribution in [2.75, 3.05) is 51.3 Å². The van der Waals surface area contributed by atoms with Crippen LogP contribution in [0.4, 0.5) is 15.9 Å². The Hall–Kier alpha value is -3.56. The van der Waals surface area contributed by atoms with Crippen LogP contribution in [0.1, 0.15) is 36.9 Å². The highest BCUT2D eigenvalue weighted by atomic mass is 35.5. The Kier molecular flexibility index (Phi) is 7.79. The molecular formula is C34H39ClFN6O2+. The summed E-state index contributed by atoms with van der Waals surface area (Å²) >= 11 is 6.71. The van der Waals surface area contributed by atoms with Gasteiger partial charge in [-0.15, -0.1) is 0 Å². The molecule has 0 spiro atoms. The summed E-state index contributed by atoms with van der Waals surface area (Å²) in [5, 5.41) is 2.87. The molecule has 5 heterocycles. The van der Waals surface area contributed by atoms with E-state index in [1.165, 1.54) is 6.08 Å². The Morgan fingerprint density at radius 2 is 2.05 bits per heavy atom. The Morgan fingerprint density at radius 1 is 1.20 bits per heavy atom. The summed E-state index contributed by atoms with van der Waals surface area (Å²) in [7, 11) is 2.02. The average molecular weight is 618 g/mol. The van der Waals surface area contributed by atoms with Gasteiger partial charge in [-0.2, -0.15) is 4.98 Å². The predicted octanol–water partition coefficient (Wildman–Crippen LogP) is 5.18. The second kappa shape index (κ2) is 11.7. The molecule has 44 heavy (non-hydrogen) atoms. The summed E-state index contributed by atoms with van der Waals surface area (Å²) in [4.78, 5) is 28.5. The maximum Gasteiger partial charge on any atom is 0.434 e. The van der Waals surface area contributed by atoms with E-state index in [0.717, 1.165) is 77.3 Å². The SMILES string of the molecule is C=CC(=O)N1CCC(C=[N+](C)c2nc(OC[C@]34CCCN3C[C@H](F)C4)nc3c2CCN(c2cccc4cccc(Cl)c24)C3)C1. The molecule has 3 aromatic rings. The van der Waals surface area contributed by atoms with Crippen LogP contribution in [-0.4, -0.2) is 94.6 Å². The van der Waals surface area contributed by atoms with Crippen LogP contribution >= 0.6 is 11.6 Å². The Labute approximate surface area is 262 Å². The minimum Gasteiger partial charge on any atom is -0.443 e. The van der Waals surface area contributed by atoms with Crippen LogP contribution in [0.5, 0.6) is 6.01 Å². The molecule has 3 atom stereocenters. The molecule has 10 heteroatoms. The first-order chi connectivity index (χ1) is 21.3. The minimum absolute atomic E-state index is 0.0324. The number of ether oxygens (including phenoxy) is 1. The molecule has 8 nitrogen and oxygen atoms in total. The molecule has 230 valence electrons. The van der Waals surface area contributed by atoms with Crippen LogP contribution in [0.25, 0.3) is 10.8 Å². The van der Waals surface area contributed by atoms with E-state index in [0.29, 0.717) is 45.2 Å². The molecule has 3 fully saturated rings. The number of anilines is 1. The molecular weight excluding hydrogens is 579 g/mol. The van der Waals surface area contributed by atoms with E-state index in [-0.39, 0.29) is 17.4 Å². The molecule has 0 bridgehead atoms. The number of benzene rings is 2. The van der Waals surface area contributed by atoms with Gasteiger partial charge < -0.3 is 14.5 Å². The summed E-state index contributed by atoms with van der Waals surface area (Å²) in [5.74, 6) is 1.00. The molecule has 7 rings (SSSR count). The van der Waals surface area contributed by atoms with Crippen molar-refractivity contribution < 1.29 is 18.5 Å². The van der Waals surface area contributed by atoms with Gasteiger partial charge in [0.25, 0.3) is 0 Å². The third-order valence-electron chi connectivity index (χ3n) is 9.91. The lowest BCUT2D eigenvalue weighted by Gasteiger charge is -2.32. The molecule has 1 unspecified atom stereocenters. The highest BCUT2D eigenvalue weighted by molar-refractivity contribution is 6.36. The van der Waals surface area contributed by atoms with E-state index < -0.39 is 6.17 Å². The van der Waals surface area contributed by atoms with E-state index in [9.17, 15) is 9.18 Å². The first-order valence-corrected chi connectivity index (χ1v) is 16.0. The lowest BCUT2D eigenvalue weighted by Crippen LogP contribution is -2.43. The third kappa shape index (κ3) is 5.34. The summed E-state index contributed by atoms with van der Waals surface area (Å²) in [6, 6.07) is 12.6. The summed E-state index contributed by atoms with van der Waals surface area (Å²) in [6.45, 7) is 8.16. The van der Waals surface area contributed by atoms with Gasteiger partial charge in [-0.3, -0.25) is 9.69 Å². The zero-order valence-corrected chi connectivity index (χ0v) is 26.0. The van der Waals surface area contributed by atoms with Crippen molar-refractivity contribution in [3.05, 3.63) is 65.3 Å². The maximum atomic E-state index is 14.5. The molecule has 4 aliphatic heterocycles. The Balaban J connectivity index is 1.22. The zero-order chi connectivity index (χ0) is 30.4. The van der Waals surface area contributed by atoms with Gasteiger partial charge in [0.2, 0.25) is 5.91 Å². The largest absolute Gasteiger partial charge is 0.443 e. The topological polar surface area (TPSA) is 64.8 Å². The second-order valence-electron chi connectivity index (χ2n) is 12.7. The van der Waals surface area contributed by atoms with Crippen LogP contribution in [0.15, 0.2) is 49.1 Å². The molecule has 1 amide bonds. The summed E-state index contributed by atoms with van der Waals surface area (Å²) in [6.07, 6.45) is 6.86. The number of alkyl halides is 1. The third-order valence-corrected chi connectivity index (χ3v) is 10.2. The number of rotatable bonds is 7. The lowest BCUT2D eigenvalue weighted by molar-refractivity contribution is -0.407. The molecule has 0 aliphatic carbocycles. The number of likely N-dealkylation sites (tertiary alicyclic amines) is 1. The van der Waals surface area contributed by atoms with Crippen molar-refractivity contribution in [2.24, 2.45) is 5.92 Å².